The van der Waals surface area contributed by atoms with E-state index in [0.29, 0.717) is 22.3 Å². The van der Waals surface area contributed by atoms with Crippen LogP contribution in [0.15, 0.2) is 59.5 Å². The monoisotopic (exact) mass is 350 g/mol. The van der Waals surface area contributed by atoms with Gasteiger partial charge in [0.15, 0.2) is 0 Å². The number of hydrogen-bond donors (Lipinski definition) is 1. The van der Waals surface area contributed by atoms with Gasteiger partial charge in [-0.2, -0.15) is 0 Å². The van der Waals surface area contributed by atoms with Gasteiger partial charge in [0, 0.05) is 25.3 Å². The number of carbonyl (C=O) groups excluding carboxylic acids is 2. The molecule has 132 valence electrons. The maximum absolute atomic E-state index is 12.3. The predicted molar refractivity (Wildman–Crippen MR) is 99.1 cm³/mol. The summed E-state index contributed by atoms with van der Waals surface area (Å²) in [4.78, 5) is 41.8. The van der Waals surface area contributed by atoms with Gasteiger partial charge in [0.1, 0.15) is 6.54 Å². The Morgan fingerprint density at radius 1 is 1.08 bits per heavy atom. The van der Waals surface area contributed by atoms with E-state index in [4.69, 9.17) is 0 Å². The number of rotatable bonds is 4. The molecule has 3 rings (SSSR count). The lowest BCUT2D eigenvalue weighted by atomic mass is 10.2. The van der Waals surface area contributed by atoms with Crippen molar-refractivity contribution in [1.82, 2.24) is 14.5 Å². The van der Waals surface area contributed by atoms with E-state index in [2.05, 4.69) is 10.3 Å². The zero-order chi connectivity index (χ0) is 18.7. The second-order valence-electron chi connectivity index (χ2n) is 6.00. The van der Waals surface area contributed by atoms with E-state index in [1.165, 1.54) is 15.7 Å². The maximum atomic E-state index is 12.3. The van der Waals surface area contributed by atoms with Crippen molar-refractivity contribution in [3.05, 3.63) is 70.6 Å². The zero-order valence-corrected chi connectivity index (χ0v) is 14.5. The Hall–Kier alpha value is -3.48. The van der Waals surface area contributed by atoms with Crippen LogP contribution in [0.2, 0.25) is 0 Å². The second kappa shape index (κ2) is 7.18. The average Bonchev–Trinajstić information content (AvgIpc) is 2.64. The van der Waals surface area contributed by atoms with Gasteiger partial charge < -0.3 is 10.2 Å². The van der Waals surface area contributed by atoms with Gasteiger partial charge in [0.2, 0.25) is 5.91 Å². The first-order chi connectivity index (χ1) is 12.5. The van der Waals surface area contributed by atoms with Gasteiger partial charge in [-0.25, -0.2) is 4.98 Å². The third-order valence-corrected chi connectivity index (χ3v) is 3.88. The van der Waals surface area contributed by atoms with E-state index in [-0.39, 0.29) is 23.9 Å². The van der Waals surface area contributed by atoms with E-state index in [1.807, 2.05) is 6.07 Å². The van der Waals surface area contributed by atoms with Crippen LogP contribution < -0.4 is 10.9 Å². The summed E-state index contributed by atoms with van der Waals surface area (Å²) < 4.78 is 1.38. The summed E-state index contributed by atoms with van der Waals surface area (Å²) in [6.07, 6.45) is 1.21. The minimum absolute atomic E-state index is 0.113. The van der Waals surface area contributed by atoms with Crippen LogP contribution in [0.1, 0.15) is 10.4 Å². The minimum Gasteiger partial charge on any atom is -0.345 e. The molecule has 0 saturated carbocycles. The molecule has 26 heavy (non-hydrogen) atoms. The van der Waals surface area contributed by atoms with Crippen LogP contribution >= 0.6 is 0 Å². The molecule has 7 heteroatoms. The number of nitrogens with one attached hydrogen (secondary N) is 1. The van der Waals surface area contributed by atoms with E-state index in [0.717, 1.165) is 0 Å². The molecule has 1 N–H and O–H groups in total. The Labute approximate surface area is 149 Å². The molecule has 0 fully saturated rings. The van der Waals surface area contributed by atoms with Gasteiger partial charge in [-0.05, 0) is 36.4 Å². The summed E-state index contributed by atoms with van der Waals surface area (Å²) in [5.41, 5.74) is 1.99. The predicted octanol–water partition coefficient (Wildman–Crippen LogP) is 1.74. The quantitative estimate of drug-likeness (QED) is 0.777. The van der Waals surface area contributed by atoms with Gasteiger partial charge in [-0.15, -0.1) is 0 Å². The number of anilines is 1. The molecule has 2 aromatic carbocycles. The fraction of sp³-hybridized carbons (Fsp3) is 0.158. The molecule has 3 aromatic rings. The lowest BCUT2D eigenvalue weighted by molar-refractivity contribution is -0.116. The van der Waals surface area contributed by atoms with Gasteiger partial charge in [0.25, 0.3) is 11.5 Å². The molecule has 0 bridgehead atoms. The molecule has 0 aliphatic rings. The largest absolute Gasteiger partial charge is 0.345 e. The smallest absolute Gasteiger partial charge is 0.269 e. The Kier molecular flexibility index (Phi) is 4.79. The molecule has 0 saturated heterocycles. The van der Waals surface area contributed by atoms with Crippen molar-refractivity contribution in [3.8, 4) is 0 Å². The molecule has 0 unspecified atom stereocenters. The number of hydrogen-bond acceptors (Lipinski definition) is 4. The summed E-state index contributed by atoms with van der Waals surface area (Å²) in [6.45, 7) is -0.125. The lowest BCUT2D eigenvalue weighted by Crippen LogP contribution is -2.28. The topological polar surface area (TPSA) is 84.3 Å². The second-order valence-corrected chi connectivity index (χ2v) is 6.00. The molecule has 0 aliphatic carbocycles. The Morgan fingerprint density at radius 3 is 2.46 bits per heavy atom. The fourth-order valence-electron chi connectivity index (χ4n) is 2.58. The number of carbonyl (C=O) groups is 2. The molecule has 0 radical (unpaired) electrons. The number of fused-ring (bicyclic) bond motifs is 1. The van der Waals surface area contributed by atoms with Crippen LogP contribution in [0.25, 0.3) is 11.0 Å². The first kappa shape index (κ1) is 17.3. The van der Waals surface area contributed by atoms with Gasteiger partial charge in [-0.1, -0.05) is 12.1 Å². The molecular weight excluding hydrogens is 332 g/mol. The van der Waals surface area contributed by atoms with Crippen molar-refractivity contribution in [2.24, 2.45) is 0 Å². The van der Waals surface area contributed by atoms with Crippen molar-refractivity contribution in [2.75, 3.05) is 19.4 Å². The van der Waals surface area contributed by atoms with Gasteiger partial charge in [-0.3, -0.25) is 19.0 Å². The van der Waals surface area contributed by atoms with Crippen molar-refractivity contribution in [3.63, 3.8) is 0 Å². The maximum Gasteiger partial charge on any atom is 0.269 e. The minimum atomic E-state index is -0.342. The summed E-state index contributed by atoms with van der Waals surface area (Å²) in [7, 11) is 3.35. The van der Waals surface area contributed by atoms with E-state index < -0.39 is 0 Å². The van der Waals surface area contributed by atoms with E-state index in [9.17, 15) is 14.4 Å². The van der Waals surface area contributed by atoms with Crippen LogP contribution in [0.5, 0.6) is 0 Å². The standard InChI is InChI=1S/C19H18N4O3/c1-22(2)19(26)13-7-9-14(10-8-13)21-17(24)12-23-16-6-4-3-5-15(16)20-11-18(23)25/h3-11H,12H2,1-2H3,(H,21,24). The normalized spacial score (nSPS) is 10.5. The Morgan fingerprint density at radius 2 is 1.77 bits per heavy atom. The van der Waals surface area contributed by atoms with Crippen molar-refractivity contribution < 1.29 is 9.59 Å². The summed E-state index contributed by atoms with van der Waals surface area (Å²) in [6, 6.07) is 13.7. The van der Waals surface area contributed by atoms with Gasteiger partial charge >= 0.3 is 0 Å². The molecule has 0 atom stereocenters. The number of benzene rings is 2. The average molecular weight is 350 g/mol. The lowest BCUT2D eigenvalue weighted by Gasteiger charge is -2.12. The molecule has 2 amide bonds. The first-order valence-electron chi connectivity index (χ1n) is 8.02. The van der Waals surface area contributed by atoms with Crippen molar-refractivity contribution in [2.45, 2.75) is 6.54 Å². The van der Waals surface area contributed by atoms with Crippen LogP contribution in [0.3, 0.4) is 0 Å². The highest BCUT2D eigenvalue weighted by Gasteiger charge is 2.11. The van der Waals surface area contributed by atoms with Crippen LogP contribution in [0.4, 0.5) is 5.69 Å². The van der Waals surface area contributed by atoms with Crippen molar-refractivity contribution in [1.29, 1.82) is 0 Å². The summed E-state index contributed by atoms with van der Waals surface area (Å²) in [5, 5.41) is 2.73. The highest BCUT2D eigenvalue weighted by Crippen LogP contribution is 2.12. The highest BCUT2D eigenvalue weighted by atomic mass is 16.2. The number of aromatic nitrogens is 2. The zero-order valence-electron chi connectivity index (χ0n) is 14.5. The molecule has 0 aliphatic heterocycles. The first-order valence-corrected chi connectivity index (χ1v) is 8.02. The number of amides is 2. The molecule has 7 nitrogen and oxygen atoms in total. The van der Waals surface area contributed by atoms with Gasteiger partial charge in [0.05, 0.1) is 17.2 Å². The van der Waals surface area contributed by atoms with Crippen LogP contribution in [0, 0.1) is 0 Å². The van der Waals surface area contributed by atoms with E-state index >= 15 is 0 Å². The fourth-order valence-corrected chi connectivity index (χ4v) is 2.58. The van der Waals surface area contributed by atoms with Crippen molar-refractivity contribution >= 4 is 28.5 Å². The molecule has 1 heterocycles. The van der Waals surface area contributed by atoms with Crippen LogP contribution in [-0.2, 0) is 11.3 Å². The number of nitrogens with zero attached hydrogens (tertiary/aromatic N) is 3. The van der Waals surface area contributed by atoms with Crippen LogP contribution in [-0.4, -0.2) is 40.4 Å². The summed E-state index contributed by atoms with van der Waals surface area (Å²) >= 11 is 0. The summed E-state index contributed by atoms with van der Waals surface area (Å²) in [5.74, 6) is -0.451. The number of para-hydroxylation sites is 2. The molecular formula is C19H18N4O3. The SMILES string of the molecule is CN(C)C(=O)c1ccc(NC(=O)Cn2c(=O)cnc3ccccc32)cc1. The third-order valence-electron chi connectivity index (χ3n) is 3.88. The van der Waals surface area contributed by atoms with E-state index in [1.54, 1.807) is 56.6 Å². The Bertz CT molecular complexity index is 1020. The highest BCUT2D eigenvalue weighted by molar-refractivity contribution is 5.95. The molecule has 0 spiro atoms. The third kappa shape index (κ3) is 3.61. The molecule has 1 aromatic heterocycles. The Balaban J connectivity index is 1.77.